The summed E-state index contributed by atoms with van der Waals surface area (Å²) in [5.74, 6) is 0.0853. The monoisotopic (exact) mass is 344 g/mol. The Morgan fingerprint density at radius 2 is 2.28 bits per heavy atom. The predicted molar refractivity (Wildman–Crippen MR) is 95.5 cm³/mol. The van der Waals surface area contributed by atoms with Crippen LogP contribution >= 0.6 is 0 Å². The topological polar surface area (TPSA) is 61.0 Å². The fourth-order valence-electron chi connectivity index (χ4n) is 3.28. The van der Waals surface area contributed by atoms with E-state index in [-0.39, 0.29) is 17.6 Å². The molecule has 1 aromatic carbocycles. The number of carbonyl (C=O) groups is 1. The SMILES string of the molecule is CN(CCCc1cc(-c2cccc(F)c2)n[nH]1)C(=O)C1CCCNC1. The Labute approximate surface area is 147 Å². The van der Waals surface area contributed by atoms with Crippen LogP contribution in [0.3, 0.4) is 0 Å². The summed E-state index contributed by atoms with van der Waals surface area (Å²) in [6.07, 6.45) is 3.73. The van der Waals surface area contributed by atoms with Crippen LogP contribution < -0.4 is 5.32 Å². The Hall–Kier alpha value is -2.21. The molecule has 134 valence electrons. The summed E-state index contributed by atoms with van der Waals surface area (Å²) in [6, 6.07) is 8.37. The van der Waals surface area contributed by atoms with Gasteiger partial charge >= 0.3 is 0 Å². The lowest BCUT2D eigenvalue weighted by molar-refractivity contribution is -0.134. The zero-order valence-corrected chi connectivity index (χ0v) is 14.6. The third-order valence-electron chi connectivity index (χ3n) is 4.71. The molecule has 1 saturated heterocycles. The molecule has 0 radical (unpaired) electrons. The van der Waals surface area contributed by atoms with Gasteiger partial charge in [-0.05, 0) is 50.4 Å². The van der Waals surface area contributed by atoms with Gasteiger partial charge in [0.2, 0.25) is 5.91 Å². The summed E-state index contributed by atoms with van der Waals surface area (Å²) in [7, 11) is 1.88. The van der Waals surface area contributed by atoms with Crippen molar-refractivity contribution in [3.63, 3.8) is 0 Å². The first-order valence-corrected chi connectivity index (χ1v) is 8.89. The predicted octanol–water partition coefficient (Wildman–Crippen LogP) is 2.61. The maximum absolute atomic E-state index is 13.3. The van der Waals surface area contributed by atoms with Crippen LogP contribution in [0.4, 0.5) is 4.39 Å². The zero-order chi connectivity index (χ0) is 17.6. The zero-order valence-electron chi connectivity index (χ0n) is 14.6. The minimum Gasteiger partial charge on any atom is -0.345 e. The summed E-state index contributed by atoms with van der Waals surface area (Å²) in [5.41, 5.74) is 2.51. The molecule has 0 aliphatic carbocycles. The minimum atomic E-state index is -0.264. The van der Waals surface area contributed by atoms with Gasteiger partial charge in [-0.1, -0.05) is 12.1 Å². The second kappa shape index (κ2) is 8.25. The number of halogens is 1. The number of benzene rings is 1. The van der Waals surface area contributed by atoms with Gasteiger partial charge in [0.1, 0.15) is 5.82 Å². The molecule has 1 amide bonds. The summed E-state index contributed by atoms with van der Waals surface area (Å²) >= 11 is 0. The first kappa shape index (κ1) is 17.6. The van der Waals surface area contributed by atoms with E-state index in [0.717, 1.165) is 62.3 Å². The van der Waals surface area contributed by atoms with Crippen LogP contribution in [0.25, 0.3) is 11.3 Å². The molecule has 1 aliphatic rings. The number of nitrogens with one attached hydrogen (secondary N) is 2. The van der Waals surface area contributed by atoms with Crippen LogP contribution in [0, 0.1) is 11.7 Å². The maximum atomic E-state index is 13.3. The highest BCUT2D eigenvalue weighted by Crippen LogP contribution is 2.19. The number of hydrogen-bond acceptors (Lipinski definition) is 3. The molecule has 2 N–H and O–H groups in total. The lowest BCUT2D eigenvalue weighted by atomic mass is 9.98. The van der Waals surface area contributed by atoms with Crippen molar-refractivity contribution < 1.29 is 9.18 Å². The molecule has 1 aromatic heterocycles. The van der Waals surface area contributed by atoms with E-state index in [1.165, 1.54) is 12.1 Å². The van der Waals surface area contributed by atoms with Gasteiger partial charge in [-0.15, -0.1) is 0 Å². The molecule has 6 heteroatoms. The number of amides is 1. The molecule has 0 saturated carbocycles. The Morgan fingerprint density at radius 1 is 1.40 bits per heavy atom. The van der Waals surface area contributed by atoms with Gasteiger partial charge in [-0.3, -0.25) is 9.89 Å². The molecule has 3 rings (SSSR count). The number of H-pyrrole nitrogens is 1. The first-order valence-electron chi connectivity index (χ1n) is 8.89. The van der Waals surface area contributed by atoms with E-state index >= 15 is 0 Å². The standard InChI is InChI=1S/C19H25FN4O/c1-24(19(25)15-6-3-9-21-13-15)10-4-8-17-12-18(23-22-17)14-5-2-7-16(20)11-14/h2,5,7,11-12,15,21H,3-4,6,8-10,13H2,1H3,(H,22,23). The van der Waals surface area contributed by atoms with Crippen LogP contribution in [-0.2, 0) is 11.2 Å². The molecule has 1 fully saturated rings. The molecule has 2 aromatic rings. The maximum Gasteiger partial charge on any atom is 0.226 e. The normalized spacial score (nSPS) is 17.4. The highest BCUT2D eigenvalue weighted by atomic mass is 19.1. The summed E-state index contributed by atoms with van der Waals surface area (Å²) < 4.78 is 13.3. The molecule has 1 aliphatic heterocycles. The first-order chi connectivity index (χ1) is 12.1. The third-order valence-corrected chi connectivity index (χ3v) is 4.71. The number of aromatic nitrogens is 2. The van der Waals surface area contributed by atoms with E-state index < -0.39 is 0 Å². The Bertz CT molecular complexity index is 709. The van der Waals surface area contributed by atoms with Gasteiger partial charge in [-0.25, -0.2) is 4.39 Å². The third kappa shape index (κ3) is 4.66. The van der Waals surface area contributed by atoms with E-state index in [0.29, 0.717) is 0 Å². The molecule has 5 nitrogen and oxygen atoms in total. The lowest BCUT2D eigenvalue weighted by Gasteiger charge is -2.27. The Balaban J connectivity index is 1.48. The minimum absolute atomic E-state index is 0.116. The molecule has 1 unspecified atom stereocenters. The number of rotatable bonds is 6. The van der Waals surface area contributed by atoms with Gasteiger partial charge in [0.05, 0.1) is 11.6 Å². The number of hydrogen-bond donors (Lipinski definition) is 2. The van der Waals surface area contributed by atoms with Gasteiger partial charge in [0, 0.05) is 31.4 Å². The summed E-state index contributed by atoms with van der Waals surface area (Å²) in [6.45, 7) is 2.53. The van der Waals surface area contributed by atoms with Crippen molar-refractivity contribution in [2.75, 3.05) is 26.7 Å². The van der Waals surface area contributed by atoms with Gasteiger partial charge < -0.3 is 10.2 Å². The number of carbonyl (C=O) groups excluding carboxylic acids is 1. The Kier molecular flexibility index (Phi) is 5.81. The van der Waals surface area contributed by atoms with Crippen LogP contribution in [0.5, 0.6) is 0 Å². The molecular formula is C19H25FN4O. The van der Waals surface area contributed by atoms with E-state index in [1.54, 1.807) is 6.07 Å². The Morgan fingerprint density at radius 3 is 3.04 bits per heavy atom. The van der Waals surface area contributed by atoms with Crippen molar-refractivity contribution in [2.45, 2.75) is 25.7 Å². The van der Waals surface area contributed by atoms with E-state index in [9.17, 15) is 9.18 Å². The number of aryl methyl sites for hydroxylation is 1. The fraction of sp³-hybridized carbons (Fsp3) is 0.474. The number of aromatic amines is 1. The average molecular weight is 344 g/mol. The van der Waals surface area contributed by atoms with Crippen LogP contribution in [-0.4, -0.2) is 47.7 Å². The van der Waals surface area contributed by atoms with E-state index in [4.69, 9.17) is 0 Å². The van der Waals surface area contributed by atoms with Crippen molar-refractivity contribution in [2.24, 2.45) is 5.92 Å². The summed E-state index contributed by atoms with van der Waals surface area (Å²) in [5, 5.41) is 10.5. The molecule has 2 heterocycles. The molecule has 25 heavy (non-hydrogen) atoms. The molecule has 1 atom stereocenters. The van der Waals surface area contributed by atoms with Crippen molar-refractivity contribution in [1.82, 2.24) is 20.4 Å². The largest absolute Gasteiger partial charge is 0.345 e. The lowest BCUT2D eigenvalue weighted by Crippen LogP contribution is -2.41. The van der Waals surface area contributed by atoms with Crippen LogP contribution in [0.15, 0.2) is 30.3 Å². The van der Waals surface area contributed by atoms with Gasteiger partial charge in [0.15, 0.2) is 0 Å². The second-order valence-corrected chi connectivity index (χ2v) is 6.70. The van der Waals surface area contributed by atoms with Crippen molar-refractivity contribution in [3.05, 3.63) is 41.8 Å². The smallest absolute Gasteiger partial charge is 0.226 e. The van der Waals surface area contributed by atoms with Gasteiger partial charge in [0.25, 0.3) is 0 Å². The van der Waals surface area contributed by atoms with Crippen molar-refractivity contribution in [1.29, 1.82) is 0 Å². The second-order valence-electron chi connectivity index (χ2n) is 6.70. The highest BCUT2D eigenvalue weighted by Gasteiger charge is 2.23. The highest BCUT2D eigenvalue weighted by molar-refractivity contribution is 5.78. The average Bonchev–Trinajstić information content (AvgIpc) is 3.11. The van der Waals surface area contributed by atoms with Gasteiger partial charge in [-0.2, -0.15) is 5.10 Å². The summed E-state index contributed by atoms with van der Waals surface area (Å²) in [4.78, 5) is 14.2. The van der Waals surface area contributed by atoms with Crippen LogP contribution in [0.1, 0.15) is 25.0 Å². The molecule has 0 bridgehead atoms. The number of piperidine rings is 1. The van der Waals surface area contributed by atoms with E-state index in [2.05, 4.69) is 15.5 Å². The van der Waals surface area contributed by atoms with Crippen molar-refractivity contribution in [3.8, 4) is 11.3 Å². The molecular weight excluding hydrogens is 319 g/mol. The molecule has 0 spiro atoms. The van der Waals surface area contributed by atoms with Crippen LogP contribution in [0.2, 0.25) is 0 Å². The number of nitrogens with zero attached hydrogens (tertiary/aromatic N) is 2. The van der Waals surface area contributed by atoms with E-state index in [1.807, 2.05) is 24.1 Å². The fourth-order valence-corrected chi connectivity index (χ4v) is 3.28. The quantitative estimate of drug-likeness (QED) is 0.847. The van der Waals surface area contributed by atoms with Crippen molar-refractivity contribution >= 4 is 5.91 Å².